The van der Waals surface area contributed by atoms with Crippen molar-refractivity contribution in [2.45, 2.75) is 25.6 Å². The summed E-state index contributed by atoms with van der Waals surface area (Å²) in [7, 11) is 1.57. The van der Waals surface area contributed by atoms with Crippen LogP contribution in [0.2, 0.25) is 0 Å². The first kappa shape index (κ1) is 21.7. The van der Waals surface area contributed by atoms with Crippen molar-refractivity contribution in [3.8, 4) is 5.75 Å². The summed E-state index contributed by atoms with van der Waals surface area (Å²) in [6.07, 6.45) is -3.28. The van der Waals surface area contributed by atoms with Crippen molar-refractivity contribution in [1.82, 2.24) is 10.2 Å². The molecule has 1 aliphatic heterocycles. The molecule has 1 N–H and O–H groups in total. The third-order valence-corrected chi connectivity index (χ3v) is 5.12. The fraction of sp³-hybridized carbons (Fsp3) is 0.364. The molecule has 0 aliphatic carbocycles. The second-order valence-electron chi connectivity index (χ2n) is 7.24. The number of nitrogens with one attached hydrogen (secondary N) is 1. The first-order chi connectivity index (χ1) is 14.3. The van der Waals surface area contributed by atoms with Crippen LogP contribution in [-0.4, -0.2) is 36.9 Å². The Kier molecular flexibility index (Phi) is 6.64. The lowest BCUT2D eigenvalue weighted by Crippen LogP contribution is -2.45. The highest BCUT2D eigenvalue weighted by atomic mass is 19.4. The van der Waals surface area contributed by atoms with Crippen molar-refractivity contribution in [1.29, 1.82) is 0 Å². The lowest BCUT2D eigenvalue weighted by atomic mass is 9.96. The van der Waals surface area contributed by atoms with E-state index in [1.165, 1.54) is 17.0 Å². The van der Waals surface area contributed by atoms with Gasteiger partial charge in [0.25, 0.3) is 5.91 Å². The van der Waals surface area contributed by atoms with Crippen LogP contribution in [0, 0.1) is 5.92 Å². The second kappa shape index (κ2) is 9.19. The van der Waals surface area contributed by atoms with E-state index in [0.29, 0.717) is 31.7 Å². The zero-order valence-corrected chi connectivity index (χ0v) is 16.5. The van der Waals surface area contributed by atoms with Gasteiger partial charge in [-0.2, -0.15) is 13.2 Å². The van der Waals surface area contributed by atoms with Gasteiger partial charge < -0.3 is 15.0 Å². The van der Waals surface area contributed by atoms with Crippen LogP contribution in [-0.2, 0) is 17.5 Å². The summed E-state index contributed by atoms with van der Waals surface area (Å²) in [6, 6.07) is 11.7. The van der Waals surface area contributed by atoms with Gasteiger partial charge >= 0.3 is 6.18 Å². The Morgan fingerprint density at radius 2 is 1.93 bits per heavy atom. The predicted octanol–water partition coefficient (Wildman–Crippen LogP) is 3.88. The van der Waals surface area contributed by atoms with Crippen LogP contribution in [0.5, 0.6) is 5.75 Å². The minimum absolute atomic E-state index is 0.0257. The molecule has 0 spiro atoms. The smallest absolute Gasteiger partial charge is 0.416 e. The van der Waals surface area contributed by atoms with Gasteiger partial charge in [-0.3, -0.25) is 9.59 Å². The Hall–Kier alpha value is -3.03. The fourth-order valence-corrected chi connectivity index (χ4v) is 3.50. The van der Waals surface area contributed by atoms with Crippen molar-refractivity contribution in [3.63, 3.8) is 0 Å². The summed E-state index contributed by atoms with van der Waals surface area (Å²) in [5, 5.41) is 2.87. The second-order valence-corrected chi connectivity index (χ2v) is 7.24. The summed E-state index contributed by atoms with van der Waals surface area (Å²) >= 11 is 0. The molecule has 1 atom stereocenters. The monoisotopic (exact) mass is 420 g/mol. The lowest BCUT2D eigenvalue weighted by Gasteiger charge is -2.32. The molecule has 0 unspecified atom stereocenters. The predicted molar refractivity (Wildman–Crippen MR) is 105 cm³/mol. The molecule has 1 saturated heterocycles. The maximum Gasteiger partial charge on any atom is 0.416 e. The number of rotatable bonds is 5. The first-order valence-electron chi connectivity index (χ1n) is 9.65. The number of ether oxygens (including phenoxy) is 1. The van der Waals surface area contributed by atoms with Crippen LogP contribution in [0.3, 0.4) is 0 Å². The molecule has 0 saturated carbocycles. The quantitative estimate of drug-likeness (QED) is 0.799. The zero-order valence-electron chi connectivity index (χ0n) is 16.5. The summed E-state index contributed by atoms with van der Waals surface area (Å²) in [6.45, 7) is 0.919. The Bertz CT molecular complexity index is 914. The van der Waals surface area contributed by atoms with E-state index in [9.17, 15) is 22.8 Å². The molecule has 160 valence electrons. The van der Waals surface area contributed by atoms with Gasteiger partial charge in [-0.15, -0.1) is 0 Å². The number of piperidine rings is 1. The largest absolute Gasteiger partial charge is 0.497 e. The molecule has 1 heterocycles. The van der Waals surface area contributed by atoms with Gasteiger partial charge in [0.2, 0.25) is 5.91 Å². The summed E-state index contributed by atoms with van der Waals surface area (Å²) in [5.41, 5.74) is -0.00406. The fourth-order valence-electron chi connectivity index (χ4n) is 3.50. The molecule has 3 rings (SSSR count). The molecule has 1 aliphatic rings. The van der Waals surface area contributed by atoms with Crippen LogP contribution < -0.4 is 10.1 Å². The molecule has 0 aromatic heterocycles. The standard InChI is InChI=1S/C22H23F3N2O3/c1-30-19-9-2-5-15(11-19)13-26-20(28)17-7-4-10-27(14-17)21(29)16-6-3-8-18(12-16)22(23,24)25/h2-3,5-6,8-9,11-12,17H,4,7,10,13-14H2,1H3,(H,26,28)/t17-/m0/s1. The van der Waals surface area contributed by atoms with Crippen LogP contribution in [0.4, 0.5) is 13.2 Å². The van der Waals surface area contributed by atoms with Crippen molar-refractivity contribution in [2.24, 2.45) is 5.92 Å². The molecule has 2 aromatic rings. The number of methoxy groups -OCH3 is 1. The van der Waals surface area contributed by atoms with Crippen molar-refractivity contribution >= 4 is 11.8 Å². The van der Waals surface area contributed by atoms with Gasteiger partial charge in [0, 0.05) is 25.2 Å². The van der Waals surface area contributed by atoms with E-state index in [-0.39, 0.29) is 18.0 Å². The number of halogens is 3. The first-order valence-corrected chi connectivity index (χ1v) is 9.65. The van der Waals surface area contributed by atoms with Crippen LogP contribution in [0.15, 0.2) is 48.5 Å². The number of carbonyl (C=O) groups excluding carboxylic acids is 2. The van der Waals surface area contributed by atoms with Gasteiger partial charge in [-0.25, -0.2) is 0 Å². The molecule has 0 bridgehead atoms. The Morgan fingerprint density at radius 3 is 2.67 bits per heavy atom. The number of nitrogens with zero attached hydrogens (tertiary/aromatic N) is 1. The Labute approximate surface area is 172 Å². The van der Waals surface area contributed by atoms with E-state index >= 15 is 0 Å². The molecular weight excluding hydrogens is 397 g/mol. The normalized spacial score (nSPS) is 16.8. The van der Waals surface area contributed by atoms with E-state index in [1.807, 2.05) is 24.3 Å². The van der Waals surface area contributed by atoms with Gasteiger partial charge in [0.1, 0.15) is 5.75 Å². The van der Waals surface area contributed by atoms with Gasteiger partial charge in [0.05, 0.1) is 18.6 Å². The molecule has 8 heteroatoms. The summed E-state index contributed by atoms with van der Waals surface area (Å²) in [4.78, 5) is 26.8. The third kappa shape index (κ3) is 5.31. The number of hydrogen-bond donors (Lipinski definition) is 1. The number of benzene rings is 2. The highest BCUT2D eigenvalue weighted by Gasteiger charge is 2.33. The molecule has 1 fully saturated rings. The summed E-state index contributed by atoms with van der Waals surface area (Å²) in [5.74, 6) is -0.387. The van der Waals surface area contributed by atoms with E-state index in [1.54, 1.807) is 7.11 Å². The van der Waals surface area contributed by atoms with Gasteiger partial charge in [0.15, 0.2) is 0 Å². The lowest BCUT2D eigenvalue weighted by molar-refractivity contribution is -0.137. The van der Waals surface area contributed by atoms with Crippen LogP contribution in [0.1, 0.15) is 34.3 Å². The number of likely N-dealkylation sites (tertiary alicyclic amines) is 1. The minimum atomic E-state index is -4.51. The molecule has 2 amide bonds. The van der Waals surface area contributed by atoms with Gasteiger partial charge in [-0.1, -0.05) is 18.2 Å². The Balaban J connectivity index is 1.61. The highest BCUT2D eigenvalue weighted by Crippen LogP contribution is 2.30. The SMILES string of the molecule is COc1cccc(CNC(=O)[C@H]2CCCN(C(=O)c3cccc(C(F)(F)F)c3)C2)c1. The maximum absolute atomic E-state index is 12.9. The van der Waals surface area contributed by atoms with E-state index in [4.69, 9.17) is 4.74 Å². The molecule has 2 aromatic carbocycles. The summed E-state index contributed by atoms with van der Waals surface area (Å²) < 4.78 is 43.9. The zero-order chi connectivity index (χ0) is 21.7. The highest BCUT2D eigenvalue weighted by molar-refractivity contribution is 5.95. The molecular formula is C22H23F3N2O3. The van der Waals surface area contributed by atoms with E-state index < -0.39 is 23.6 Å². The topological polar surface area (TPSA) is 58.6 Å². The number of hydrogen-bond acceptors (Lipinski definition) is 3. The van der Waals surface area contributed by atoms with Crippen molar-refractivity contribution < 1.29 is 27.5 Å². The molecule has 0 radical (unpaired) electrons. The van der Waals surface area contributed by atoms with E-state index in [0.717, 1.165) is 17.7 Å². The Morgan fingerprint density at radius 1 is 1.17 bits per heavy atom. The van der Waals surface area contributed by atoms with Gasteiger partial charge in [-0.05, 0) is 48.7 Å². The molecule has 30 heavy (non-hydrogen) atoms. The number of carbonyl (C=O) groups is 2. The van der Waals surface area contributed by atoms with Crippen molar-refractivity contribution in [3.05, 3.63) is 65.2 Å². The number of amides is 2. The minimum Gasteiger partial charge on any atom is -0.497 e. The average Bonchev–Trinajstić information content (AvgIpc) is 2.76. The van der Waals surface area contributed by atoms with Crippen molar-refractivity contribution in [2.75, 3.05) is 20.2 Å². The third-order valence-electron chi connectivity index (χ3n) is 5.12. The van der Waals surface area contributed by atoms with Crippen LogP contribution >= 0.6 is 0 Å². The van der Waals surface area contributed by atoms with Crippen LogP contribution in [0.25, 0.3) is 0 Å². The average molecular weight is 420 g/mol. The van der Waals surface area contributed by atoms with E-state index in [2.05, 4.69) is 5.32 Å². The maximum atomic E-state index is 12.9. The molecule has 5 nitrogen and oxygen atoms in total. The number of alkyl halides is 3.